The molecule has 2 aliphatic heterocycles. The molecule has 4 amide bonds. The number of imide groups is 1. The SMILES string of the molecule is CC(C)CNC(=O)CN1CC(c2ccc(C#N)cc2)C2(C1)C(=O)N(c1cc(Cl)cc(Cl)c1)C(=O)N2C. The summed E-state index contributed by atoms with van der Waals surface area (Å²) in [5, 5.41) is 12.7. The number of halogens is 2. The fraction of sp³-hybridized carbons (Fsp3) is 0.385. The molecule has 2 fully saturated rings. The second-order valence-electron chi connectivity index (χ2n) is 9.69. The highest BCUT2D eigenvalue weighted by Gasteiger charge is 2.64. The standard InChI is InChI=1S/C26H27Cl2N5O3/c1-16(2)12-30-23(34)14-32-13-22(18-6-4-17(11-29)5-7-18)26(15-32)24(35)33(25(36)31(26)3)21-9-19(27)8-20(28)10-21/h4-10,16,22H,12-15H2,1-3H3,(H,30,34). The summed E-state index contributed by atoms with van der Waals surface area (Å²) in [4.78, 5) is 44.7. The van der Waals surface area contributed by atoms with Gasteiger partial charge in [0.05, 0.1) is 23.9 Å². The molecule has 0 bridgehead atoms. The van der Waals surface area contributed by atoms with E-state index in [0.717, 1.165) is 10.5 Å². The minimum absolute atomic E-state index is 0.0968. The Balaban J connectivity index is 1.73. The molecular formula is C26H27Cl2N5O3. The first-order valence-electron chi connectivity index (χ1n) is 11.6. The van der Waals surface area contributed by atoms with E-state index in [9.17, 15) is 19.6 Å². The van der Waals surface area contributed by atoms with Crippen molar-refractivity contribution >= 4 is 46.7 Å². The Morgan fingerprint density at radius 1 is 1.17 bits per heavy atom. The molecule has 1 spiro atoms. The maximum atomic E-state index is 14.1. The number of carbonyl (C=O) groups excluding carboxylic acids is 3. The average Bonchev–Trinajstić information content (AvgIpc) is 3.29. The molecule has 2 heterocycles. The van der Waals surface area contributed by atoms with Crippen LogP contribution in [0.3, 0.4) is 0 Å². The van der Waals surface area contributed by atoms with Crippen molar-refractivity contribution in [3.63, 3.8) is 0 Å². The summed E-state index contributed by atoms with van der Waals surface area (Å²) in [5.41, 5.74) is 0.335. The Labute approximate surface area is 220 Å². The summed E-state index contributed by atoms with van der Waals surface area (Å²) >= 11 is 12.3. The van der Waals surface area contributed by atoms with Gasteiger partial charge in [0.2, 0.25) is 5.91 Å². The maximum absolute atomic E-state index is 14.1. The normalized spacial score (nSPS) is 22.1. The summed E-state index contributed by atoms with van der Waals surface area (Å²) < 4.78 is 0. The summed E-state index contributed by atoms with van der Waals surface area (Å²) in [6.07, 6.45) is 0. The topological polar surface area (TPSA) is 96.7 Å². The van der Waals surface area contributed by atoms with Crippen LogP contribution < -0.4 is 10.2 Å². The van der Waals surface area contributed by atoms with Crippen molar-refractivity contribution in [3.05, 3.63) is 63.6 Å². The number of amides is 4. The maximum Gasteiger partial charge on any atom is 0.332 e. The number of anilines is 1. The van der Waals surface area contributed by atoms with Gasteiger partial charge in [0, 0.05) is 42.6 Å². The summed E-state index contributed by atoms with van der Waals surface area (Å²) in [6.45, 7) is 5.24. The highest BCUT2D eigenvalue weighted by molar-refractivity contribution is 6.35. The molecule has 10 heteroatoms. The van der Waals surface area contributed by atoms with Crippen LogP contribution >= 0.6 is 23.2 Å². The van der Waals surface area contributed by atoms with E-state index in [2.05, 4.69) is 11.4 Å². The first-order valence-corrected chi connectivity index (χ1v) is 12.4. The molecule has 188 valence electrons. The minimum atomic E-state index is -1.25. The molecule has 4 rings (SSSR count). The molecule has 2 aromatic carbocycles. The number of carbonyl (C=O) groups is 3. The molecule has 2 aromatic rings. The minimum Gasteiger partial charge on any atom is -0.355 e. The zero-order valence-electron chi connectivity index (χ0n) is 20.3. The molecule has 36 heavy (non-hydrogen) atoms. The molecule has 0 radical (unpaired) electrons. The predicted octanol–water partition coefficient (Wildman–Crippen LogP) is 3.87. The van der Waals surface area contributed by atoms with E-state index in [-0.39, 0.29) is 24.7 Å². The lowest BCUT2D eigenvalue weighted by molar-refractivity contribution is -0.126. The van der Waals surface area contributed by atoms with Crippen LogP contribution in [0, 0.1) is 17.2 Å². The zero-order valence-corrected chi connectivity index (χ0v) is 21.8. The smallest absolute Gasteiger partial charge is 0.332 e. The molecule has 8 nitrogen and oxygen atoms in total. The van der Waals surface area contributed by atoms with Crippen LogP contribution in [0.1, 0.15) is 30.9 Å². The molecule has 0 aromatic heterocycles. The van der Waals surface area contributed by atoms with Crippen molar-refractivity contribution in [2.45, 2.75) is 25.3 Å². The van der Waals surface area contributed by atoms with Crippen molar-refractivity contribution in [1.82, 2.24) is 15.1 Å². The molecule has 0 aliphatic carbocycles. The number of nitrogens with one attached hydrogen (secondary N) is 1. The summed E-state index contributed by atoms with van der Waals surface area (Å²) in [7, 11) is 1.60. The molecule has 1 N–H and O–H groups in total. The molecule has 0 saturated carbocycles. The number of likely N-dealkylation sites (tertiary alicyclic amines) is 1. The largest absolute Gasteiger partial charge is 0.355 e. The van der Waals surface area contributed by atoms with Crippen molar-refractivity contribution in [2.24, 2.45) is 5.92 Å². The third kappa shape index (κ3) is 4.66. The predicted molar refractivity (Wildman–Crippen MR) is 138 cm³/mol. The average molecular weight is 528 g/mol. The first kappa shape index (κ1) is 26.0. The van der Waals surface area contributed by atoms with Gasteiger partial charge in [0.15, 0.2) is 0 Å². The number of likely N-dealkylation sites (N-methyl/N-ethyl adjacent to an activating group) is 1. The number of nitrogens with zero attached hydrogens (tertiary/aromatic N) is 4. The Morgan fingerprint density at radius 2 is 1.81 bits per heavy atom. The van der Waals surface area contributed by atoms with Gasteiger partial charge in [-0.3, -0.25) is 14.5 Å². The Morgan fingerprint density at radius 3 is 2.39 bits per heavy atom. The lowest BCUT2D eigenvalue weighted by Crippen LogP contribution is -2.54. The van der Waals surface area contributed by atoms with Crippen molar-refractivity contribution < 1.29 is 14.4 Å². The highest BCUT2D eigenvalue weighted by atomic mass is 35.5. The fourth-order valence-corrected chi connectivity index (χ4v) is 5.51. The molecule has 2 unspecified atom stereocenters. The van der Waals surface area contributed by atoms with Crippen LogP contribution in [-0.2, 0) is 9.59 Å². The molecule has 2 aliphatic rings. The van der Waals surface area contributed by atoms with E-state index in [0.29, 0.717) is 34.6 Å². The quantitative estimate of drug-likeness (QED) is 0.575. The Bertz CT molecular complexity index is 1220. The number of hydrogen-bond donors (Lipinski definition) is 1. The van der Waals surface area contributed by atoms with E-state index in [1.807, 2.05) is 18.7 Å². The summed E-state index contributed by atoms with van der Waals surface area (Å²) in [5.74, 6) is -0.669. The van der Waals surface area contributed by atoms with Crippen LogP contribution in [0.25, 0.3) is 0 Å². The van der Waals surface area contributed by atoms with Crippen LogP contribution in [-0.4, -0.2) is 66.4 Å². The molecule has 2 atom stereocenters. The molecular weight excluding hydrogens is 501 g/mol. The Hall–Kier alpha value is -3.12. The van der Waals surface area contributed by atoms with Gasteiger partial charge < -0.3 is 10.2 Å². The lowest BCUT2D eigenvalue weighted by Gasteiger charge is -2.34. The van der Waals surface area contributed by atoms with Gasteiger partial charge in [-0.05, 0) is 41.8 Å². The van der Waals surface area contributed by atoms with Gasteiger partial charge in [0.1, 0.15) is 5.54 Å². The van der Waals surface area contributed by atoms with Gasteiger partial charge in [-0.2, -0.15) is 5.26 Å². The van der Waals surface area contributed by atoms with Crippen LogP contribution in [0.4, 0.5) is 10.5 Å². The zero-order chi connectivity index (χ0) is 26.2. The van der Waals surface area contributed by atoms with E-state index < -0.39 is 23.4 Å². The lowest BCUT2D eigenvalue weighted by atomic mass is 9.80. The second kappa shape index (κ2) is 10.1. The highest BCUT2D eigenvalue weighted by Crippen LogP contribution is 2.46. The van der Waals surface area contributed by atoms with Gasteiger partial charge in [-0.15, -0.1) is 0 Å². The van der Waals surface area contributed by atoms with E-state index in [1.165, 1.54) is 23.1 Å². The number of urea groups is 1. The fourth-order valence-electron chi connectivity index (χ4n) is 4.99. The number of hydrogen-bond acceptors (Lipinski definition) is 5. The monoisotopic (exact) mass is 527 g/mol. The van der Waals surface area contributed by atoms with Crippen molar-refractivity contribution in [2.75, 3.05) is 38.1 Å². The van der Waals surface area contributed by atoms with Gasteiger partial charge in [0.25, 0.3) is 5.91 Å². The number of nitriles is 1. The van der Waals surface area contributed by atoms with Crippen LogP contribution in [0.5, 0.6) is 0 Å². The van der Waals surface area contributed by atoms with Gasteiger partial charge >= 0.3 is 6.03 Å². The number of rotatable bonds is 6. The molecule has 2 saturated heterocycles. The third-order valence-corrected chi connectivity index (χ3v) is 7.19. The van der Waals surface area contributed by atoms with Crippen LogP contribution in [0.2, 0.25) is 10.0 Å². The van der Waals surface area contributed by atoms with E-state index in [1.54, 1.807) is 31.3 Å². The number of benzene rings is 2. The van der Waals surface area contributed by atoms with E-state index >= 15 is 0 Å². The summed E-state index contributed by atoms with van der Waals surface area (Å²) in [6, 6.07) is 13.2. The second-order valence-corrected chi connectivity index (χ2v) is 10.6. The third-order valence-electron chi connectivity index (χ3n) is 6.75. The first-order chi connectivity index (χ1) is 17.1. The Kier molecular flexibility index (Phi) is 7.28. The van der Waals surface area contributed by atoms with Gasteiger partial charge in [-0.25, -0.2) is 9.69 Å². The van der Waals surface area contributed by atoms with Crippen LogP contribution in [0.15, 0.2) is 42.5 Å². The van der Waals surface area contributed by atoms with E-state index in [4.69, 9.17) is 23.2 Å². The van der Waals surface area contributed by atoms with Crippen molar-refractivity contribution in [1.29, 1.82) is 5.26 Å². The van der Waals surface area contributed by atoms with Gasteiger partial charge in [-0.1, -0.05) is 49.2 Å². The van der Waals surface area contributed by atoms with Crippen molar-refractivity contribution in [3.8, 4) is 6.07 Å².